The maximum absolute atomic E-state index is 11.1. The molecule has 0 radical (unpaired) electrons. The fraction of sp³-hybridized carbons (Fsp3) is 0.909. The predicted octanol–water partition coefficient (Wildman–Crippen LogP) is 1.53. The number of hydrogen-bond donors (Lipinski definition) is 2. The highest BCUT2D eigenvalue weighted by atomic mass is 16.6. The molecular formula is C11H21NO3. The molecule has 0 heterocycles. The fourth-order valence-electron chi connectivity index (χ4n) is 1.95. The lowest BCUT2D eigenvalue weighted by atomic mass is 9.83. The second-order valence-corrected chi connectivity index (χ2v) is 4.37. The Morgan fingerprint density at radius 3 is 2.67 bits per heavy atom. The normalized spacial score (nSPS) is 26.0. The SMILES string of the molecule is CC1CCC(CNC(=O)OCCO)CC1. The van der Waals surface area contributed by atoms with Crippen molar-refractivity contribution in [2.24, 2.45) is 11.8 Å². The van der Waals surface area contributed by atoms with Crippen molar-refractivity contribution in [3.8, 4) is 0 Å². The van der Waals surface area contributed by atoms with Crippen molar-refractivity contribution in [2.75, 3.05) is 19.8 Å². The lowest BCUT2D eigenvalue weighted by Crippen LogP contribution is -2.32. The predicted molar refractivity (Wildman–Crippen MR) is 57.6 cm³/mol. The number of ether oxygens (including phenoxy) is 1. The van der Waals surface area contributed by atoms with Crippen LogP contribution in [0.15, 0.2) is 0 Å². The summed E-state index contributed by atoms with van der Waals surface area (Å²) in [7, 11) is 0. The van der Waals surface area contributed by atoms with Crippen LogP contribution in [-0.4, -0.2) is 31.0 Å². The number of carbonyl (C=O) groups is 1. The average Bonchev–Trinajstić information content (AvgIpc) is 2.25. The van der Waals surface area contributed by atoms with E-state index in [2.05, 4.69) is 12.2 Å². The largest absolute Gasteiger partial charge is 0.447 e. The maximum atomic E-state index is 11.1. The summed E-state index contributed by atoms with van der Waals surface area (Å²) in [5.74, 6) is 1.44. The third-order valence-corrected chi connectivity index (χ3v) is 2.99. The van der Waals surface area contributed by atoms with Gasteiger partial charge in [-0.2, -0.15) is 0 Å². The number of rotatable bonds is 4. The number of aliphatic hydroxyl groups excluding tert-OH is 1. The van der Waals surface area contributed by atoms with Gasteiger partial charge >= 0.3 is 6.09 Å². The number of aliphatic hydroxyl groups is 1. The van der Waals surface area contributed by atoms with Crippen LogP contribution >= 0.6 is 0 Å². The molecule has 1 rings (SSSR count). The van der Waals surface area contributed by atoms with Crippen LogP contribution in [0.4, 0.5) is 4.79 Å². The maximum Gasteiger partial charge on any atom is 0.407 e. The van der Waals surface area contributed by atoms with Crippen LogP contribution in [0.25, 0.3) is 0 Å². The summed E-state index contributed by atoms with van der Waals surface area (Å²) in [6.07, 6.45) is 4.50. The van der Waals surface area contributed by atoms with Crippen molar-refractivity contribution >= 4 is 6.09 Å². The molecule has 88 valence electrons. The van der Waals surface area contributed by atoms with E-state index < -0.39 is 6.09 Å². The lowest BCUT2D eigenvalue weighted by molar-refractivity contribution is 0.117. The summed E-state index contributed by atoms with van der Waals surface area (Å²) in [5, 5.41) is 11.2. The molecule has 0 atom stereocenters. The summed E-state index contributed by atoms with van der Waals surface area (Å²) in [5.41, 5.74) is 0. The topological polar surface area (TPSA) is 58.6 Å². The van der Waals surface area contributed by atoms with Crippen molar-refractivity contribution in [3.05, 3.63) is 0 Å². The Labute approximate surface area is 91.0 Å². The van der Waals surface area contributed by atoms with Crippen LogP contribution in [0.2, 0.25) is 0 Å². The number of alkyl carbamates (subject to hydrolysis) is 1. The summed E-state index contributed by atoms with van der Waals surface area (Å²) >= 11 is 0. The molecule has 4 heteroatoms. The molecule has 4 nitrogen and oxygen atoms in total. The van der Waals surface area contributed by atoms with E-state index in [0.717, 1.165) is 5.92 Å². The Morgan fingerprint density at radius 2 is 2.07 bits per heavy atom. The highest BCUT2D eigenvalue weighted by Crippen LogP contribution is 2.27. The molecule has 0 aromatic carbocycles. The molecule has 0 bridgehead atoms. The van der Waals surface area contributed by atoms with Gasteiger partial charge in [0.05, 0.1) is 6.61 Å². The van der Waals surface area contributed by atoms with Gasteiger partial charge in [0.2, 0.25) is 0 Å². The molecule has 1 fully saturated rings. The Bertz CT molecular complexity index is 188. The van der Waals surface area contributed by atoms with Crippen molar-refractivity contribution in [3.63, 3.8) is 0 Å². The van der Waals surface area contributed by atoms with Gasteiger partial charge in [0.1, 0.15) is 6.61 Å². The quantitative estimate of drug-likeness (QED) is 0.747. The molecule has 0 aliphatic heterocycles. The summed E-state index contributed by atoms with van der Waals surface area (Å²) < 4.78 is 4.70. The van der Waals surface area contributed by atoms with Crippen LogP contribution in [0.1, 0.15) is 32.6 Å². The molecule has 1 saturated carbocycles. The fourth-order valence-corrected chi connectivity index (χ4v) is 1.95. The second-order valence-electron chi connectivity index (χ2n) is 4.37. The van der Waals surface area contributed by atoms with E-state index in [1.807, 2.05) is 0 Å². The second kappa shape index (κ2) is 6.67. The molecule has 1 amide bonds. The first-order chi connectivity index (χ1) is 7.22. The van der Waals surface area contributed by atoms with Gasteiger partial charge in [-0.1, -0.05) is 19.8 Å². The van der Waals surface area contributed by atoms with Gasteiger partial charge in [0, 0.05) is 6.54 Å². The van der Waals surface area contributed by atoms with Gasteiger partial charge in [0.15, 0.2) is 0 Å². The Balaban J connectivity index is 2.06. The highest BCUT2D eigenvalue weighted by Gasteiger charge is 2.18. The molecule has 0 saturated heterocycles. The molecule has 2 N–H and O–H groups in total. The van der Waals surface area contributed by atoms with E-state index in [1.54, 1.807) is 0 Å². The zero-order valence-corrected chi connectivity index (χ0v) is 9.37. The minimum Gasteiger partial charge on any atom is -0.447 e. The van der Waals surface area contributed by atoms with Gasteiger partial charge < -0.3 is 15.2 Å². The smallest absolute Gasteiger partial charge is 0.407 e. The Hall–Kier alpha value is -0.770. The van der Waals surface area contributed by atoms with Gasteiger partial charge in [-0.15, -0.1) is 0 Å². The van der Waals surface area contributed by atoms with Crippen LogP contribution in [0.5, 0.6) is 0 Å². The van der Waals surface area contributed by atoms with E-state index in [-0.39, 0.29) is 13.2 Å². The van der Waals surface area contributed by atoms with Crippen LogP contribution in [0, 0.1) is 11.8 Å². The molecule has 0 aromatic heterocycles. The molecule has 15 heavy (non-hydrogen) atoms. The third kappa shape index (κ3) is 5.02. The lowest BCUT2D eigenvalue weighted by Gasteiger charge is -2.25. The zero-order chi connectivity index (χ0) is 11.1. The van der Waals surface area contributed by atoms with Gasteiger partial charge in [-0.3, -0.25) is 0 Å². The van der Waals surface area contributed by atoms with Crippen molar-refractivity contribution in [1.82, 2.24) is 5.32 Å². The number of carbonyl (C=O) groups excluding carboxylic acids is 1. The first-order valence-corrected chi connectivity index (χ1v) is 5.74. The van der Waals surface area contributed by atoms with E-state index in [0.29, 0.717) is 12.5 Å². The van der Waals surface area contributed by atoms with Crippen LogP contribution < -0.4 is 5.32 Å². The van der Waals surface area contributed by atoms with Crippen molar-refractivity contribution < 1.29 is 14.6 Å². The van der Waals surface area contributed by atoms with E-state index in [1.165, 1.54) is 25.7 Å². The third-order valence-electron chi connectivity index (χ3n) is 2.99. The van der Waals surface area contributed by atoms with Crippen LogP contribution in [0.3, 0.4) is 0 Å². The summed E-state index contributed by atoms with van der Waals surface area (Å²) in [6, 6.07) is 0. The van der Waals surface area contributed by atoms with E-state index >= 15 is 0 Å². The van der Waals surface area contributed by atoms with Gasteiger partial charge in [-0.05, 0) is 24.7 Å². The monoisotopic (exact) mass is 215 g/mol. The number of hydrogen-bond acceptors (Lipinski definition) is 3. The number of nitrogens with one attached hydrogen (secondary N) is 1. The van der Waals surface area contributed by atoms with Crippen molar-refractivity contribution in [2.45, 2.75) is 32.6 Å². The zero-order valence-electron chi connectivity index (χ0n) is 9.37. The molecule has 0 aromatic rings. The minimum absolute atomic E-state index is 0.0769. The summed E-state index contributed by atoms with van der Waals surface area (Å²) in [6.45, 7) is 2.94. The average molecular weight is 215 g/mol. The molecular weight excluding hydrogens is 194 g/mol. The van der Waals surface area contributed by atoms with Crippen molar-refractivity contribution in [1.29, 1.82) is 0 Å². The molecule has 1 aliphatic rings. The van der Waals surface area contributed by atoms with E-state index in [9.17, 15) is 4.79 Å². The Morgan fingerprint density at radius 1 is 1.40 bits per heavy atom. The van der Waals surface area contributed by atoms with Gasteiger partial charge in [0.25, 0.3) is 0 Å². The van der Waals surface area contributed by atoms with E-state index in [4.69, 9.17) is 9.84 Å². The molecule has 0 unspecified atom stereocenters. The number of amides is 1. The van der Waals surface area contributed by atoms with Gasteiger partial charge in [-0.25, -0.2) is 4.79 Å². The summed E-state index contributed by atoms with van der Waals surface area (Å²) in [4.78, 5) is 11.1. The minimum atomic E-state index is -0.414. The standard InChI is InChI=1S/C11H21NO3/c1-9-2-4-10(5-3-9)8-12-11(14)15-7-6-13/h9-10,13H,2-8H2,1H3,(H,12,14). The van der Waals surface area contributed by atoms with Crippen LogP contribution in [-0.2, 0) is 4.74 Å². The molecule has 1 aliphatic carbocycles. The first-order valence-electron chi connectivity index (χ1n) is 5.74. The highest BCUT2D eigenvalue weighted by molar-refractivity contribution is 5.67. The molecule has 0 spiro atoms. The Kier molecular flexibility index (Phi) is 5.47. The first kappa shape index (κ1) is 12.3.